The Hall–Kier alpha value is -3.30. The van der Waals surface area contributed by atoms with Gasteiger partial charge in [0.1, 0.15) is 5.58 Å². The minimum atomic E-state index is -0.430. The summed E-state index contributed by atoms with van der Waals surface area (Å²) in [7, 11) is 1.32. The summed E-state index contributed by atoms with van der Waals surface area (Å²) in [5.41, 5.74) is 1.71. The van der Waals surface area contributed by atoms with Crippen LogP contribution in [0.2, 0.25) is 5.02 Å². The number of ether oxygens (including phenoxy) is 1. The first-order valence-corrected chi connectivity index (χ1v) is 11.1. The molecule has 0 saturated carbocycles. The number of carbonyl (C=O) groups excluding carboxylic acids is 2. The Balaban J connectivity index is 1.44. The third-order valence-electron chi connectivity index (χ3n) is 4.65. The Morgan fingerprint density at radius 1 is 1.16 bits per heavy atom. The molecule has 0 fully saturated rings. The van der Waals surface area contributed by atoms with E-state index in [2.05, 4.69) is 20.3 Å². The molecule has 0 aliphatic carbocycles. The van der Waals surface area contributed by atoms with Gasteiger partial charge in [-0.3, -0.25) is 9.36 Å². The maximum absolute atomic E-state index is 12.4. The fourth-order valence-electron chi connectivity index (χ4n) is 3.12. The number of anilines is 1. The van der Waals surface area contributed by atoms with Gasteiger partial charge in [0.05, 0.1) is 18.4 Å². The van der Waals surface area contributed by atoms with Gasteiger partial charge in [0.15, 0.2) is 10.9 Å². The number of fused-ring (bicyclic) bond motifs is 1. The van der Waals surface area contributed by atoms with Crippen LogP contribution >= 0.6 is 23.4 Å². The van der Waals surface area contributed by atoms with E-state index in [0.29, 0.717) is 45.1 Å². The third-order valence-corrected chi connectivity index (χ3v) is 5.86. The molecule has 32 heavy (non-hydrogen) atoms. The van der Waals surface area contributed by atoms with Crippen molar-refractivity contribution in [3.8, 4) is 11.6 Å². The molecule has 2 aromatic heterocycles. The quantitative estimate of drug-likeness (QED) is 0.303. The van der Waals surface area contributed by atoms with Gasteiger partial charge in [-0.05, 0) is 55.5 Å². The molecule has 0 spiro atoms. The Kier molecular flexibility index (Phi) is 6.48. The van der Waals surface area contributed by atoms with Gasteiger partial charge >= 0.3 is 5.97 Å². The number of hydrogen-bond donors (Lipinski definition) is 1. The number of esters is 1. The van der Waals surface area contributed by atoms with Crippen molar-refractivity contribution in [3.05, 3.63) is 59.1 Å². The molecule has 2 heterocycles. The lowest BCUT2D eigenvalue weighted by atomic mass is 10.2. The van der Waals surface area contributed by atoms with E-state index in [9.17, 15) is 9.59 Å². The summed E-state index contributed by atoms with van der Waals surface area (Å²) in [6.45, 7) is 2.58. The molecule has 0 atom stereocenters. The normalized spacial score (nSPS) is 11.0. The molecule has 0 unspecified atom stereocenters. The number of rotatable bonds is 7. The molecular formula is C22H19ClN4O4S. The summed E-state index contributed by atoms with van der Waals surface area (Å²) in [6, 6.07) is 13.8. The molecule has 1 N–H and O–H groups in total. The van der Waals surface area contributed by atoms with Gasteiger partial charge in [0.25, 0.3) is 0 Å². The standard InChI is InChI=1S/C22H19ClN4O4S/c1-3-27-20(18-11-14-10-15(23)6-9-17(14)31-18)25-26-22(27)32-12-19(28)24-16-7-4-13(5-8-16)21(29)30-2/h4-11H,3,12H2,1-2H3,(H,24,28). The second-order valence-corrected chi connectivity index (χ2v) is 8.13. The number of benzene rings is 2. The van der Waals surface area contributed by atoms with E-state index in [1.807, 2.05) is 29.7 Å². The summed E-state index contributed by atoms with van der Waals surface area (Å²) in [6.07, 6.45) is 0. The SMILES string of the molecule is CCn1c(SCC(=O)Nc2ccc(C(=O)OC)cc2)nnc1-c1cc2cc(Cl)ccc2o1. The largest absolute Gasteiger partial charge is 0.465 e. The number of nitrogens with one attached hydrogen (secondary N) is 1. The molecule has 4 aromatic rings. The zero-order valence-corrected chi connectivity index (χ0v) is 18.9. The smallest absolute Gasteiger partial charge is 0.337 e. The first kappa shape index (κ1) is 21.9. The predicted octanol–water partition coefficient (Wildman–Crippen LogP) is 4.88. The highest BCUT2D eigenvalue weighted by atomic mass is 35.5. The number of carbonyl (C=O) groups is 2. The number of furan rings is 1. The van der Waals surface area contributed by atoms with E-state index in [0.717, 1.165) is 5.39 Å². The van der Waals surface area contributed by atoms with Crippen molar-refractivity contribution >= 4 is 51.9 Å². The number of methoxy groups -OCH3 is 1. The van der Waals surface area contributed by atoms with Crippen molar-refractivity contribution in [2.75, 3.05) is 18.2 Å². The number of thioether (sulfide) groups is 1. The van der Waals surface area contributed by atoms with Gasteiger partial charge < -0.3 is 14.5 Å². The number of halogens is 1. The number of amides is 1. The van der Waals surface area contributed by atoms with Crippen LogP contribution in [-0.4, -0.2) is 39.5 Å². The minimum Gasteiger partial charge on any atom is -0.465 e. The fraction of sp³-hybridized carbons (Fsp3) is 0.182. The second kappa shape index (κ2) is 9.46. The van der Waals surface area contributed by atoms with Crippen LogP contribution in [0.15, 0.2) is 58.1 Å². The first-order valence-electron chi connectivity index (χ1n) is 9.72. The van der Waals surface area contributed by atoms with Crippen LogP contribution < -0.4 is 5.32 Å². The Labute approximate surface area is 192 Å². The van der Waals surface area contributed by atoms with Crippen LogP contribution in [0, 0.1) is 0 Å². The van der Waals surface area contributed by atoms with Crippen molar-refractivity contribution in [2.24, 2.45) is 0 Å². The minimum absolute atomic E-state index is 0.145. The molecule has 0 bridgehead atoms. The number of aromatic nitrogens is 3. The highest BCUT2D eigenvalue weighted by molar-refractivity contribution is 7.99. The summed E-state index contributed by atoms with van der Waals surface area (Å²) in [5, 5.41) is 13.4. The van der Waals surface area contributed by atoms with Gasteiger partial charge in [0.2, 0.25) is 11.7 Å². The van der Waals surface area contributed by atoms with Crippen molar-refractivity contribution < 1.29 is 18.7 Å². The van der Waals surface area contributed by atoms with E-state index >= 15 is 0 Å². The molecule has 0 aliphatic heterocycles. The summed E-state index contributed by atoms with van der Waals surface area (Å²) in [5.74, 6) is 0.680. The molecule has 2 aromatic carbocycles. The van der Waals surface area contributed by atoms with Crippen molar-refractivity contribution in [2.45, 2.75) is 18.6 Å². The van der Waals surface area contributed by atoms with Crippen LogP contribution in [0.25, 0.3) is 22.6 Å². The maximum atomic E-state index is 12.4. The monoisotopic (exact) mass is 470 g/mol. The van der Waals surface area contributed by atoms with Crippen LogP contribution in [0.3, 0.4) is 0 Å². The molecule has 4 rings (SSSR count). The number of hydrogen-bond acceptors (Lipinski definition) is 7. The summed E-state index contributed by atoms with van der Waals surface area (Å²) >= 11 is 7.33. The van der Waals surface area contributed by atoms with Gasteiger partial charge in [-0.1, -0.05) is 23.4 Å². The first-order chi connectivity index (χ1) is 15.5. The Morgan fingerprint density at radius 2 is 1.94 bits per heavy atom. The molecule has 8 nitrogen and oxygen atoms in total. The zero-order valence-electron chi connectivity index (χ0n) is 17.3. The van der Waals surface area contributed by atoms with Crippen LogP contribution in [0.4, 0.5) is 5.69 Å². The van der Waals surface area contributed by atoms with Crippen LogP contribution in [-0.2, 0) is 16.1 Å². The van der Waals surface area contributed by atoms with E-state index < -0.39 is 5.97 Å². The predicted molar refractivity (Wildman–Crippen MR) is 123 cm³/mol. The Morgan fingerprint density at radius 3 is 2.66 bits per heavy atom. The molecule has 0 aliphatic rings. The van der Waals surface area contributed by atoms with Gasteiger partial charge in [-0.15, -0.1) is 10.2 Å². The van der Waals surface area contributed by atoms with Gasteiger partial charge in [0, 0.05) is 22.6 Å². The van der Waals surface area contributed by atoms with E-state index in [1.165, 1.54) is 18.9 Å². The van der Waals surface area contributed by atoms with Gasteiger partial charge in [-0.2, -0.15) is 0 Å². The van der Waals surface area contributed by atoms with E-state index in [4.69, 9.17) is 16.0 Å². The third kappa shape index (κ3) is 4.63. The molecule has 0 saturated heterocycles. The molecular weight excluding hydrogens is 452 g/mol. The topological polar surface area (TPSA) is 99.2 Å². The van der Waals surface area contributed by atoms with Crippen LogP contribution in [0.5, 0.6) is 0 Å². The molecule has 1 amide bonds. The lowest BCUT2D eigenvalue weighted by Gasteiger charge is -2.07. The maximum Gasteiger partial charge on any atom is 0.337 e. The molecule has 0 radical (unpaired) electrons. The highest BCUT2D eigenvalue weighted by Crippen LogP contribution is 2.30. The summed E-state index contributed by atoms with van der Waals surface area (Å²) in [4.78, 5) is 23.9. The summed E-state index contributed by atoms with van der Waals surface area (Å²) < 4.78 is 12.5. The number of nitrogens with zero attached hydrogens (tertiary/aromatic N) is 3. The lowest BCUT2D eigenvalue weighted by Crippen LogP contribution is -2.14. The molecule has 10 heteroatoms. The van der Waals surface area contributed by atoms with Crippen LogP contribution in [0.1, 0.15) is 17.3 Å². The van der Waals surface area contributed by atoms with E-state index in [-0.39, 0.29) is 11.7 Å². The van der Waals surface area contributed by atoms with Crippen molar-refractivity contribution in [1.29, 1.82) is 0 Å². The zero-order chi connectivity index (χ0) is 22.7. The lowest BCUT2D eigenvalue weighted by molar-refractivity contribution is -0.113. The van der Waals surface area contributed by atoms with Gasteiger partial charge in [-0.25, -0.2) is 4.79 Å². The van der Waals surface area contributed by atoms with Crippen molar-refractivity contribution in [3.63, 3.8) is 0 Å². The average molecular weight is 471 g/mol. The fourth-order valence-corrected chi connectivity index (χ4v) is 4.10. The molecule has 164 valence electrons. The second-order valence-electron chi connectivity index (χ2n) is 6.75. The average Bonchev–Trinajstić information content (AvgIpc) is 3.40. The highest BCUT2D eigenvalue weighted by Gasteiger charge is 2.18. The Bertz CT molecular complexity index is 1280. The van der Waals surface area contributed by atoms with E-state index in [1.54, 1.807) is 30.3 Å². The van der Waals surface area contributed by atoms with Crippen molar-refractivity contribution in [1.82, 2.24) is 14.8 Å².